The van der Waals surface area contributed by atoms with E-state index in [9.17, 15) is 9.59 Å². The topological polar surface area (TPSA) is 107 Å². The van der Waals surface area contributed by atoms with Gasteiger partial charge < -0.3 is 19.1 Å². The Labute approximate surface area is 465 Å². The van der Waals surface area contributed by atoms with E-state index in [1.54, 1.807) is 29.2 Å². The van der Waals surface area contributed by atoms with Gasteiger partial charge in [0.2, 0.25) is 0 Å². The van der Waals surface area contributed by atoms with Gasteiger partial charge in [0.05, 0.1) is 11.4 Å². The van der Waals surface area contributed by atoms with Crippen molar-refractivity contribution in [2.24, 2.45) is 5.92 Å². The molecule has 79 heavy (non-hydrogen) atoms. The summed E-state index contributed by atoms with van der Waals surface area (Å²) >= 11 is 0. The zero-order valence-electron chi connectivity index (χ0n) is 45.4. The van der Waals surface area contributed by atoms with E-state index in [-0.39, 0.29) is 12.1 Å². The first-order chi connectivity index (χ1) is 38.8. The molecular formula is C67H71N7O5. The van der Waals surface area contributed by atoms with Gasteiger partial charge in [0.1, 0.15) is 43.1 Å². The third-order valence-electron chi connectivity index (χ3n) is 14.5. The van der Waals surface area contributed by atoms with Crippen LogP contribution in [0.5, 0.6) is 17.2 Å². The van der Waals surface area contributed by atoms with Gasteiger partial charge in [0.25, 0.3) is 0 Å². The van der Waals surface area contributed by atoms with Crippen LogP contribution in [0.4, 0.5) is 9.59 Å². The van der Waals surface area contributed by atoms with E-state index in [2.05, 4.69) is 87.4 Å². The molecule has 2 aromatic heterocycles. The fourth-order valence-corrected chi connectivity index (χ4v) is 9.76. The average Bonchev–Trinajstić information content (AvgIpc) is 4.23. The van der Waals surface area contributed by atoms with Gasteiger partial charge in [-0.05, 0) is 128 Å². The molecule has 0 radical (unpaired) electrons. The van der Waals surface area contributed by atoms with E-state index in [0.29, 0.717) is 24.7 Å². The van der Waals surface area contributed by atoms with Gasteiger partial charge in [-0.25, -0.2) is 24.1 Å². The Kier molecular flexibility index (Phi) is 20.0. The molecule has 12 nitrogen and oxygen atoms in total. The number of benzene rings is 7. The van der Waals surface area contributed by atoms with Crippen molar-refractivity contribution in [2.75, 3.05) is 33.2 Å². The summed E-state index contributed by atoms with van der Waals surface area (Å²) in [5, 5.41) is 0. The van der Waals surface area contributed by atoms with Crippen molar-refractivity contribution in [1.82, 2.24) is 33.8 Å². The van der Waals surface area contributed by atoms with Gasteiger partial charge >= 0.3 is 12.1 Å². The maximum Gasteiger partial charge on any atom is 0.424 e. The minimum absolute atomic E-state index is 0.0435. The summed E-state index contributed by atoms with van der Waals surface area (Å²) in [6, 6.07) is 66.0. The van der Waals surface area contributed by atoms with Crippen LogP contribution in [0.15, 0.2) is 225 Å². The number of likely N-dealkylation sites (tertiary alicyclic amines) is 2. The lowest BCUT2D eigenvalue weighted by atomic mass is 9.94. The molecule has 0 saturated carbocycles. The first-order valence-corrected chi connectivity index (χ1v) is 27.5. The molecule has 4 heterocycles. The third-order valence-corrected chi connectivity index (χ3v) is 14.5. The van der Waals surface area contributed by atoms with E-state index in [1.165, 1.54) is 54.4 Å². The highest BCUT2D eigenvalue weighted by molar-refractivity contribution is 5.78. The summed E-state index contributed by atoms with van der Waals surface area (Å²) in [6.07, 6.45) is 12.1. The second-order valence-corrected chi connectivity index (χ2v) is 20.1. The number of para-hydroxylation sites is 1. The highest BCUT2D eigenvalue weighted by atomic mass is 16.6. The van der Waals surface area contributed by atoms with Gasteiger partial charge in [-0.2, -0.15) is 0 Å². The van der Waals surface area contributed by atoms with Crippen LogP contribution in [0.2, 0.25) is 0 Å². The summed E-state index contributed by atoms with van der Waals surface area (Å²) < 4.78 is 19.9. The molecule has 0 atom stereocenters. The number of imidazole rings is 2. The molecule has 0 aliphatic carbocycles. The molecule has 0 N–H and O–H groups in total. The molecular weight excluding hydrogens is 983 g/mol. The number of hydrogen-bond donors (Lipinski definition) is 0. The van der Waals surface area contributed by atoms with Crippen LogP contribution in [-0.2, 0) is 26.3 Å². The Morgan fingerprint density at radius 1 is 0.481 bits per heavy atom. The van der Waals surface area contributed by atoms with Crippen molar-refractivity contribution in [2.45, 2.75) is 71.4 Å². The Morgan fingerprint density at radius 3 is 1.32 bits per heavy atom. The first kappa shape index (κ1) is 55.2. The third kappa shape index (κ3) is 16.7. The van der Waals surface area contributed by atoms with Crippen LogP contribution in [0, 0.1) is 5.92 Å². The number of rotatable bonds is 15. The second kappa shape index (κ2) is 28.7. The molecule has 12 heteroatoms. The Balaban J connectivity index is 0.000000156. The normalized spacial score (nSPS) is 13.9. The van der Waals surface area contributed by atoms with Crippen molar-refractivity contribution in [3.63, 3.8) is 0 Å². The average molecular weight is 1050 g/mol. The van der Waals surface area contributed by atoms with Crippen molar-refractivity contribution < 1.29 is 23.8 Å². The highest BCUT2D eigenvalue weighted by Crippen LogP contribution is 2.26. The summed E-state index contributed by atoms with van der Waals surface area (Å²) in [5.74, 6) is 3.05. The van der Waals surface area contributed by atoms with Crippen LogP contribution in [0.25, 0.3) is 22.5 Å². The second-order valence-electron chi connectivity index (χ2n) is 20.1. The predicted octanol–water partition coefficient (Wildman–Crippen LogP) is 14.2. The number of hydrogen-bond acceptors (Lipinski definition) is 9. The SMILES string of the molecule is CCC1CCN(Cc2ccccc2)CC1.CN(C(=O)n1cnc(-c2ccc(OCc3ccccc3)cc2)c1)C1CCN(Cc2ccccc2)CC1.O=C(Oc1ccccc1)n1cnc(-c2ccc(OCc3ccccc3)cc2)c1. The summed E-state index contributed by atoms with van der Waals surface area (Å²) in [5.41, 5.74) is 8.31. The van der Waals surface area contributed by atoms with E-state index in [1.807, 2.05) is 146 Å². The number of piperidine rings is 2. The molecule has 2 saturated heterocycles. The molecule has 2 aliphatic heterocycles. The van der Waals surface area contributed by atoms with Crippen LogP contribution in [-0.4, -0.2) is 85.2 Å². The van der Waals surface area contributed by atoms with Crippen LogP contribution >= 0.6 is 0 Å². The number of ether oxygens (including phenoxy) is 3. The van der Waals surface area contributed by atoms with Crippen LogP contribution < -0.4 is 14.2 Å². The molecule has 1 amide bonds. The van der Waals surface area contributed by atoms with Crippen molar-refractivity contribution >= 4 is 12.1 Å². The first-order valence-electron chi connectivity index (χ1n) is 27.5. The van der Waals surface area contributed by atoms with Crippen molar-refractivity contribution in [3.05, 3.63) is 247 Å². The largest absolute Gasteiger partial charge is 0.489 e. The minimum Gasteiger partial charge on any atom is -0.489 e. The quantitative estimate of drug-likeness (QED) is 0.0992. The van der Waals surface area contributed by atoms with E-state index < -0.39 is 6.09 Å². The molecule has 11 rings (SSSR count). The maximum atomic E-state index is 13.2. The van der Waals surface area contributed by atoms with E-state index in [0.717, 1.165) is 84.4 Å². The van der Waals surface area contributed by atoms with Gasteiger partial charge in [0.15, 0.2) is 0 Å². The molecule has 0 unspecified atom stereocenters. The van der Waals surface area contributed by atoms with Gasteiger partial charge in [-0.15, -0.1) is 0 Å². The van der Waals surface area contributed by atoms with Crippen molar-refractivity contribution in [3.8, 4) is 39.8 Å². The predicted molar refractivity (Wildman–Crippen MR) is 313 cm³/mol. The van der Waals surface area contributed by atoms with Gasteiger partial charge in [-0.1, -0.05) is 153 Å². The zero-order valence-corrected chi connectivity index (χ0v) is 45.4. The standard InChI is InChI=1S/C30H32N4O2.C23H18N2O3.C14H21N/c1-32(27-16-18-33(19-17-27)20-24-8-4-2-5-9-24)30(35)34-21-29(31-23-34)26-12-14-28(15-13-26)36-22-25-10-6-3-7-11-25;26-23(28-21-9-5-2-6-10-21)25-15-22(24-17-25)19-11-13-20(14-12-19)27-16-18-7-3-1-4-8-18;1-2-13-8-10-15(11-9-13)12-14-6-4-3-5-7-14/h2-15,21,23,27H,16-20,22H2,1H3;1-15,17H,16H2;3-7,13H,2,8-12H2,1H3. The summed E-state index contributed by atoms with van der Waals surface area (Å²) in [4.78, 5) is 41.1. The maximum absolute atomic E-state index is 13.2. The molecule has 7 aromatic carbocycles. The lowest BCUT2D eigenvalue weighted by Gasteiger charge is -2.36. The number of aromatic nitrogens is 4. The minimum atomic E-state index is -0.507. The van der Waals surface area contributed by atoms with Gasteiger partial charge in [0, 0.05) is 62.8 Å². The summed E-state index contributed by atoms with van der Waals surface area (Å²) in [7, 11) is 1.90. The monoisotopic (exact) mass is 1050 g/mol. The lowest BCUT2D eigenvalue weighted by molar-refractivity contribution is 0.132. The smallest absolute Gasteiger partial charge is 0.424 e. The number of carbonyl (C=O) groups is 2. The van der Waals surface area contributed by atoms with E-state index in [4.69, 9.17) is 14.2 Å². The Hall–Kier alpha value is -8.58. The molecule has 2 aliphatic rings. The van der Waals surface area contributed by atoms with Gasteiger partial charge in [-0.3, -0.25) is 14.4 Å². The molecule has 0 spiro atoms. The Morgan fingerprint density at radius 2 is 0.873 bits per heavy atom. The number of amides is 1. The number of carbonyl (C=O) groups excluding carboxylic acids is 2. The van der Waals surface area contributed by atoms with Crippen molar-refractivity contribution in [1.29, 1.82) is 0 Å². The molecule has 9 aromatic rings. The fraction of sp³-hybridized carbons (Fsp3) is 0.254. The fourth-order valence-electron chi connectivity index (χ4n) is 9.76. The number of nitrogens with zero attached hydrogens (tertiary/aromatic N) is 7. The molecule has 404 valence electrons. The van der Waals surface area contributed by atoms with Crippen LogP contribution in [0.3, 0.4) is 0 Å². The zero-order chi connectivity index (χ0) is 54.4. The Bertz CT molecular complexity index is 3190. The summed E-state index contributed by atoms with van der Waals surface area (Å²) in [6.45, 7) is 10.0. The molecule has 0 bridgehead atoms. The highest BCUT2D eigenvalue weighted by Gasteiger charge is 2.27. The van der Waals surface area contributed by atoms with E-state index >= 15 is 0 Å². The van der Waals surface area contributed by atoms with Crippen LogP contribution in [0.1, 0.15) is 61.3 Å². The molecule has 2 fully saturated rings. The lowest BCUT2D eigenvalue weighted by Crippen LogP contribution is -2.46.